The molecule has 8 heteroatoms. The fourth-order valence-electron chi connectivity index (χ4n) is 1.34. The van der Waals surface area contributed by atoms with Gasteiger partial charge in [0.2, 0.25) is 0 Å². The van der Waals surface area contributed by atoms with Gasteiger partial charge in [-0.05, 0) is 6.07 Å². The molecule has 0 fully saturated rings. The van der Waals surface area contributed by atoms with Crippen molar-refractivity contribution in [2.75, 3.05) is 5.73 Å². The standard InChI is InChI=1S/C10H12N2O6/c11-9-5(1-4(3-12-9)10(17)18)8(16)6(13)2-7(14)15/h1,3,6,8,13,16H,2H2,(H2,11,12)(H,14,15)(H,17,18). The third-order valence-electron chi connectivity index (χ3n) is 2.26. The van der Waals surface area contributed by atoms with Crippen molar-refractivity contribution >= 4 is 17.8 Å². The van der Waals surface area contributed by atoms with E-state index in [1.54, 1.807) is 0 Å². The number of carbonyl (C=O) groups is 2. The van der Waals surface area contributed by atoms with Gasteiger partial charge in [-0.2, -0.15) is 0 Å². The maximum absolute atomic E-state index is 10.7. The Morgan fingerprint density at radius 3 is 2.44 bits per heavy atom. The first kappa shape index (κ1) is 13.9. The molecule has 0 saturated heterocycles. The van der Waals surface area contributed by atoms with Crippen LogP contribution in [0.15, 0.2) is 12.3 Å². The van der Waals surface area contributed by atoms with Crippen LogP contribution in [-0.2, 0) is 4.79 Å². The monoisotopic (exact) mass is 256 g/mol. The van der Waals surface area contributed by atoms with E-state index in [2.05, 4.69) is 4.98 Å². The van der Waals surface area contributed by atoms with Gasteiger partial charge in [0.25, 0.3) is 0 Å². The van der Waals surface area contributed by atoms with Crippen LogP contribution in [0.5, 0.6) is 0 Å². The number of nitrogen functional groups attached to an aromatic ring is 1. The Morgan fingerprint density at radius 1 is 1.33 bits per heavy atom. The average molecular weight is 256 g/mol. The van der Waals surface area contributed by atoms with Crippen molar-refractivity contribution in [1.82, 2.24) is 4.98 Å². The molecule has 0 amide bonds. The van der Waals surface area contributed by atoms with Gasteiger partial charge < -0.3 is 26.2 Å². The van der Waals surface area contributed by atoms with Crippen molar-refractivity contribution in [2.24, 2.45) is 0 Å². The van der Waals surface area contributed by atoms with Crippen molar-refractivity contribution in [3.8, 4) is 0 Å². The molecule has 1 rings (SSSR count). The molecule has 18 heavy (non-hydrogen) atoms. The first-order valence-corrected chi connectivity index (χ1v) is 4.89. The van der Waals surface area contributed by atoms with Crippen LogP contribution in [-0.4, -0.2) is 43.5 Å². The molecule has 8 nitrogen and oxygen atoms in total. The Bertz CT molecular complexity index is 475. The fourth-order valence-corrected chi connectivity index (χ4v) is 1.34. The minimum Gasteiger partial charge on any atom is -0.481 e. The van der Waals surface area contributed by atoms with Crippen molar-refractivity contribution in [2.45, 2.75) is 18.6 Å². The number of aliphatic carboxylic acids is 1. The maximum Gasteiger partial charge on any atom is 0.337 e. The molecule has 1 aromatic rings. The summed E-state index contributed by atoms with van der Waals surface area (Å²) in [6, 6.07) is 1.04. The Balaban J connectivity index is 3.03. The molecule has 0 aliphatic rings. The van der Waals surface area contributed by atoms with Crippen molar-refractivity contribution < 1.29 is 30.0 Å². The van der Waals surface area contributed by atoms with E-state index >= 15 is 0 Å². The molecule has 0 bridgehead atoms. The number of carboxylic acid groups (broad SMARTS) is 2. The molecule has 0 aliphatic heterocycles. The molecule has 0 aromatic carbocycles. The van der Waals surface area contributed by atoms with Crippen LogP contribution >= 0.6 is 0 Å². The first-order valence-electron chi connectivity index (χ1n) is 4.89. The average Bonchev–Trinajstić information content (AvgIpc) is 2.27. The number of pyridine rings is 1. The predicted molar refractivity (Wildman–Crippen MR) is 58.8 cm³/mol. The van der Waals surface area contributed by atoms with Gasteiger partial charge in [0.15, 0.2) is 0 Å². The van der Waals surface area contributed by atoms with Crippen molar-refractivity contribution in [3.05, 3.63) is 23.4 Å². The summed E-state index contributed by atoms with van der Waals surface area (Å²) in [6.45, 7) is 0. The highest BCUT2D eigenvalue weighted by atomic mass is 16.4. The third-order valence-corrected chi connectivity index (χ3v) is 2.26. The van der Waals surface area contributed by atoms with E-state index in [1.807, 2.05) is 0 Å². The van der Waals surface area contributed by atoms with Gasteiger partial charge in [0, 0.05) is 11.8 Å². The number of hydrogen-bond donors (Lipinski definition) is 5. The van der Waals surface area contributed by atoms with Crippen LogP contribution in [0, 0.1) is 0 Å². The number of aliphatic hydroxyl groups excluding tert-OH is 2. The topological polar surface area (TPSA) is 154 Å². The summed E-state index contributed by atoms with van der Waals surface area (Å²) in [6.07, 6.45) is -2.92. The highest BCUT2D eigenvalue weighted by Crippen LogP contribution is 2.24. The zero-order valence-electron chi connectivity index (χ0n) is 9.15. The number of aliphatic hydroxyl groups is 2. The molecule has 0 spiro atoms. The second-order valence-electron chi connectivity index (χ2n) is 3.61. The fraction of sp³-hybridized carbons (Fsp3) is 0.300. The van der Waals surface area contributed by atoms with E-state index in [9.17, 15) is 19.8 Å². The van der Waals surface area contributed by atoms with Crippen molar-refractivity contribution in [1.29, 1.82) is 0 Å². The van der Waals surface area contributed by atoms with Crippen LogP contribution in [0.1, 0.15) is 28.4 Å². The maximum atomic E-state index is 10.7. The molecule has 1 aromatic heterocycles. The second kappa shape index (κ2) is 5.43. The van der Waals surface area contributed by atoms with E-state index in [1.165, 1.54) is 0 Å². The highest BCUT2D eigenvalue weighted by molar-refractivity contribution is 5.87. The Hall–Kier alpha value is -2.19. The van der Waals surface area contributed by atoms with Gasteiger partial charge in [0.05, 0.1) is 18.1 Å². The lowest BCUT2D eigenvalue weighted by Gasteiger charge is -2.17. The normalized spacial score (nSPS) is 13.9. The number of anilines is 1. The van der Waals surface area contributed by atoms with E-state index in [-0.39, 0.29) is 16.9 Å². The molecule has 0 radical (unpaired) electrons. The largest absolute Gasteiger partial charge is 0.481 e. The van der Waals surface area contributed by atoms with E-state index in [0.29, 0.717) is 0 Å². The van der Waals surface area contributed by atoms with Gasteiger partial charge in [-0.3, -0.25) is 4.79 Å². The number of nitrogens with zero attached hydrogens (tertiary/aromatic N) is 1. The SMILES string of the molecule is Nc1ncc(C(=O)O)cc1C(O)C(O)CC(=O)O. The number of rotatable bonds is 5. The number of aromatic nitrogens is 1. The molecular formula is C10H12N2O6. The summed E-state index contributed by atoms with van der Waals surface area (Å²) in [4.78, 5) is 24.7. The number of hydrogen-bond acceptors (Lipinski definition) is 6. The highest BCUT2D eigenvalue weighted by Gasteiger charge is 2.24. The van der Waals surface area contributed by atoms with Crippen LogP contribution < -0.4 is 5.73 Å². The number of aromatic carboxylic acids is 1. The van der Waals surface area contributed by atoms with Crippen molar-refractivity contribution in [3.63, 3.8) is 0 Å². The zero-order valence-corrected chi connectivity index (χ0v) is 9.15. The number of carboxylic acids is 2. The summed E-state index contributed by atoms with van der Waals surface area (Å²) in [5.41, 5.74) is 5.09. The molecule has 2 atom stereocenters. The van der Waals surface area contributed by atoms with Crippen LogP contribution in [0.3, 0.4) is 0 Å². The second-order valence-corrected chi connectivity index (χ2v) is 3.61. The summed E-state index contributed by atoms with van der Waals surface area (Å²) >= 11 is 0. The molecule has 1 heterocycles. The molecular weight excluding hydrogens is 244 g/mol. The van der Waals surface area contributed by atoms with Gasteiger partial charge in [-0.15, -0.1) is 0 Å². The Morgan fingerprint density at radius 2 is 1.94 bits per heavy atom. The lowest BCUT2D eigenvalue weighted by molar-refractivity contribution is -0.141. The molecule has 6 N–H and O–H groups in total. The zero-order chi connectivity index (χ0) is 13.9. The van der Waals surface area contributed by atoms with Crippen LogP contribution in [0.2, 0.25) is 0 Å². The third kappa shape index (κ3) is 3.15. The van der Waals surface area contributed by atoms with Gasteiger partial charge in [-0.1, -0.05) is 0 Å². The van der Waals surface area contributed by atoms with Crippen LogP contribution in [0.25, 0.3) is 0 Å². The Labute approximate surface area is 101 Å². The number of nitrogens with two attached hydrogens (primary N) is 1. The minimum absolute atomic E-state index is 0.122. The van der Waals surface area contributed by atoms with Crippen LogP contribution in [0.4, 0.5) is 5.82 Å². The summed E-state index contributed by atoms with van der Waals surface area (Å²) in [7, 11) is 0. The van der Waals surface area contributed by atoms with Gasteiger partial charge in [0.1, 0.15) is 11.9 Å². The van der Waals surface area contributed by atoms with E-state index in [0.717, 1.165) is 12.3 Å². The quantitative estimate of drug-likeness (QED) is 0.460. The Kier molecular flexibility index (Phi) is 4.18. The summed E-state index contributed by atoms with van der Waals surface area (Å²) in [5, 5.41) is 36.4. The van der Waals surface area contributed by atoms with Gasteiger partial charge >= 0.3 is 11.9 Å². The van der Waals surface area contributed by atoms with E-state index in [4.69, 9.17) is 15.9 Å². The molecule has 0 saturated carbocycles. The summed E-state index contributed by atoms with van der Waals surface area (Å²) in [5.74, 6) is -2.75. The lowest BCUT2D eigenvalue weighted by atomic mass is 10.0. The molecule has 98 valence electrons. The summed E-state index contributed by atoms with van der Waals surface area (Å²) < 4.78 is 0. The molecule has 0 aliphatic carbocycles. The van der Waals surface area contributed by atoms with E-state index < -0.39 is 30.6 Å². The predicted octanol–water partition coefficient (Wildman–Crippen LogP) is -0.769. The minimum atomic E-state index is -1.62. The smallest absolute Gasteiger partial charge is 0.337 e. The molecule has 2 unspecified atom stereocenters. The lowest BCUT2D eigenvalue weighted by Crippen LogP contribution is -2.23. The first-order chi connectivity index (χ1) is 8.32. The van der Waals surface area contributed by atoms with Gasteiger partial charge in [-0.25, -0.2) is 9.78 Å².